The minimum absolute atomic E-state index is 0.449. The Kier molecular flexibility index (Phi) is 1.09. The maximum atomic E-state index is 4.98. The van der Waals surface area contributed by atoms with Crippen molar-refractivity contribution in [1.82, 2.24) is 20.2 Å². The molecule has 0 saturated carbocycles. The molecule has 0 fully saturated rings. The van der Waals surface area contributed by atoms with E-state index in [0.717, 1.165) is 0 Å². The van der Waals surface area contributed by atoms with Crippen LogP contribution >= 0.6 is 0 Å². The molecule has 0 bridgehead atoms. The van der Waals surface area contributed by atoms with Gasteiger partial charge in [0.1, 0.15) is 0 Å². The number of hydrazine groups is 1. The first-order chi connectivity index (χ1) is 3.84. The highest BCUT2D eigenvalue weighted by Gasteiger charge is 1.93. The van der Waals surface area contributed by atoms with Gasteiger partial charge in [0.05, 0.1) is 0 Å². The Hall–Kier alpha value is -1.17. The first-order valence-electron chi connectivity index (χ1n) is 2.03. The van der Waals surface area contributed by atoms with Crippen molar-refractivity contribution in [2.24, 2.45) is 12.9 Å². The van der Waals surface area contributed by atoms with Crippen LogP contribution in [0.4, 0.5) is 5.95 Å². The van der Waals surface area contributed by atoms with Gasteiger partial charge in [-0.15, -0.1) is 0 Å². The summed E-state index contributed by atoms with van der Waals surface area (Å²) >= 11 is 0. The van der Waals surface area contributed by atoms with Gasteiger partial charge in [0.2, 0.25) is 0 Å². The van der Waals surface area contributed by atoms with Gasteiger partial charge in [-0.25, -0.2) is 10.5 Å². The largest absolute Gasteiger partial charge is 0.291 e. The third-order valence-electron chi connectivity index (χ3n) is 0.749. The standard InChI is InChI=1S/C2H6N6/c1-8-2(4-3)5-6-7-8/h3H2,1H3,(H,4,5,7). The zero-order valence-electron chi connectivity index (χ0n) is 4.37. The van der Waals surface area contributed by atoms with E-state index in [2.05, 4.69) is 21.0 Å². The summed E-state index contributed by atoms with van der Waals surface area (Å²) in [6.07, 6.45) is 0. The summed E-state index contributed by atoms with van der Waals surface area (Å²) in [4.78, 5) is 0. The molecule has 0 saturated heterocycles. The lowest BCUT2D eigenvalue weighted by molar-refractivity contribution is 0.713. The molecule has 1 heterocycles. The first-order valence-corrected chi connectivity index (χ1v) is 2.03. The fourth-order valence-corrected chi connectivity index (χ4v) is 0.352. The van der Waals surface area contributed by atoms with E-state index in [1.54, 1.807) is 7.05 Å². The highest BCUT2D eigenvalue weighted by molar-refractivity contribution is 5.16. The number of aryl methyl sites for hydroxylation is 1. The average molecular weight is 114 g/mol. The highest BCUT2D eigenvalue weighted by atomic mass is 15.6. The number of hydrogen-bond donors (Lipinski definition) is 2. The topological polar surface area (TPSA) is 81.7 Å². The molecule has 0 amide bonds. The highest BCUT2D eigenvalue weighted by Crippen LogP contribution is 1.88. The number of aromatic nitrogens is 4. The molecule has 1 aromatic heterocycles. The second kappa shape index (κ2) is 1.74. The van der Waals surface area contributed by atoms with Crippen molar-refractivity contribution in [3.63, 3.8) is 0 Å². The number of nitrogen functional groups attached to an aromatic ring is 1. The van der Waals surface area contributed by atoms with E-state index in [0.29, 0.717) is 5.95 Å². The molecule has 1 rings (SSSR count). The van der Waals surface area contributed by atoms with Gasteiger partial charge in [0.15, 0.2) is 0 Å². The number of hydrogen-bond acceptors (Lipinski definition) is 5. The van der Waals surface area contributed by atoms with E-state index in [1.165, 1.54) is 4.68 Å². The van der Waals surface area contributed by atoms with Gasteiger partial charge in [-0.3, -0.25) is 5.43 Å². The molecule has 0 aliphatic carbocycles. The Morgan fingerprint density at radius 3 is 2.75 bits per heavy atom. The van der Waals surface area contributed by atoms with Gasteiger partial charge in [-0.05, 0) is 10.4 Å². The lowest BCUT2D eigenvalue weighted by Crippen LogP contribution is -2.11. The van der Waals surface area contributed by atoms with Crippen LogP contribution in [0.3, 0.4) is 0 Å². The van der Waals surface area contributed by atoms with Crippen molar-refractivity contribution >= 4 is 5.95 Å². The molecular weight excluding hydrogens is 108 g/mol. The van der Waals surface area contributed by atoms with Gasteiger partial charge in [-0.2, -0.15) is 0 Å². The summed E-state index contributed by atoms with van der Waals surface area (Å²) in [6, 6.07) is 0. The molecule has 0 atom stereocenters. The monoisotopic (exact) mass is 114 g/mol. The molecule has 6 heteroatoms. The third kappa shape index (κ3) is 0.604. The van der Waals surface area contributed by atoms with Gasteiger partial charge < -0.3 is 0 Å². The Labute approximate surface area is 45.6 Å². The maximum Gasteiger partial charge on any atom is 0.256 e. The molecule has 0 aliphatic heterocycles. The van der Waals surface area contributed by atoms with Crippen molar-refractivity contribution < 1.29 is 0 Å². The van der Waals surface area contributed by atoms with E-state index in [9.17, 15) is 0 Å². The quantitative estimate of drug-likeness (QED) is 0.343. The van der Waals surface area contributed by atoms with Crippen LogP contribution in [0.25, 0.3) is 0 Å². The lowest BCUT2D eigenvalue weighted by Gasteiger charge is -1.91. The Balaban J connectivity index is 2.92. The van der Waals surface area contributed by atoms with Crippen molar-refractivity contribution in [3.8, 4) is 0 Å². The van der Waals surface area contributed by atoms with Crippen LogP contribution in [0.2, 0.25) is 0 Å². The average Bonchev–Trinajstić information content (AvgIpc) is 2.14. The van der Waals surface area contributed by atoms with Crippen molar-refractivity contribution in [2.75, 3.05) is 5.43 Å². The van der Waals surface area contributed by atoms with Gasteiger partial charge in [-0.1, -0.05) is 5.10 Å². The Bertz CT molecular complexity index is 167. The molecule has 0 aliphatic rings. The first kappa shape index (κ1) is 4.98. The fourth-order valence-electron chi connectivity index (χ4n) is 0.352. The van der Waals surface area contributed by atoms with Crippen LogP contribution in [0, 0.1) is 0 Å². The number of anilines is 1. The zero-order valence-corrected chi connectivity index (χ0v) is 4.37. The number of nitrogens with one attached hydrogen (secondary N) is 1. The zero-order chi connectivity index (χ0) is 5.98. The number of nitrogens with two attached hydrogens (primary N) is 1. The summed E-state index contributed by atoms with van der Waals surface area (Å²) in [7, 11) is 1.69. The lowest BCUT2D eigenvalue weighted by atomic mass is 11.0. The SMILES string of the molecule is Cn1nnnc1NN. The molecule has 0 unspecified atom stereocenters. The minimum Gasteiger partial charge on any atom is -0.291 e. The number of nitrogens with zero attached hydrogens (tertiary/aromatic N) is 4. The molecule has 8 heavy (non-hydrogen) atoms. The minimum atomic E-state index is 0.449. The smallest absolute Gasteiger partial charge is 0.256 e. The van der Waals surface area contributed by atoms with E-state index >= 15 is 0 Å². The summed E-state index contributed by atoms with van der Waals surface area (Å²) in [5, 5.41) is 10.3. The summed E-state index contributed by atoms with van der Waals surface area (Å²) in [5.41, 5.74) is 2.30. The van der Waals surface area contributed by atoms with E-state index < -0.39 is 0 Å². The Morgan fingerprint density at radius 1 is 1.75 bits per heavy atom. The predicted molar refractivity (Wildman–Crippen MR) is 26.6 cm³/mol. The maximum absolute atomic E-state index is 4.98. The van der Waals surface area contributed by atoms with E-state index in [4.69, 9.17) is 5.84 Å². The van der Waals surface area contributed by atoms with Crippen LogP contribution in [-0.4, -0.2) is 20.2 Å². The van der Waals surface area contributed by atoms with Gasteiger partial charge in [0.25, 0.3) is 5.95 Å². The molecule has 0 aromatic carbocycles. The fraction of sp³-hybridized carbons (Fsp3) is 0.500. The van der Waals surface area contributed by atoms with Crippen LogP contribution < -0.4 is 11.3 Å². The van der Waals surface area contributed by atoms with Crippen LogP contribution in [0.5, 0.6) is 0 Å². The molecule has 1 aromatic rings. The molecule has 0 spiro atoms. The van der Waals surface area contributed by atoms with Crippen molar-refractivity contribution in [3.05, 3.63) is 0 Å². The summed E-state index contributed by atoms with van der Waals surface area (Å²) in [5.74, 6) is 5.43. The molecular formula is C2H6N6. The molecule has 0 radical (unpaired) electrons. The third-order valence-corrected chi connectivity index (χ3v) is 0.749. The van der Waals surface area contributed by atoms with Gasteiger partial charge in [0, 0.05) is 7.05 Å². The van der Waals surface area contributed by atoms with Crippen molar-refractivity contribution in [1.29, 1.82) is 0 Å². The van der Waals surface area contributed by atoms with Crippen LogP contribution in [-0.2, 0) is 7.05 Å². The second-order valence-electron chi connectivity index (χ2n) is 1.27. The summed E-state index contributed by atoms with van der Waals surface area (Å²) < 4.78 is 1.43. The van der Waals surface area contributed by atoms with Crippen LogP contribution in [0.1, 0.15) is 0 Å². The normalized spacial score (nSPS) is 9.25. The second-order valence-corrected chi connectivity index (χ2v) is 1.27. The number of rotatable bonds is 1. The molecule has 44 valence electrons. The van der Waals surface area contributed by atoms with Crippen LogP contribution in [0.15, 0.2) is 0 Å². The Morgan fingerprint density at radius 2 is 2.50 bits per heavy atom. The number of tetrazole rings is 1. The molecule has 3 N–H and O–H groups in total. The molecule has 6 nitrogen and oxygen atoms in total. The van der Waals surface area contributed by atoms with Gasteiger partial charge >= 0.3 is 0 Å². The van der Waals surface area contributed by atoms with Crippen molar-refractivity contribution in [2.45, 2.75) is 0 Å². The predicted octanol–water partition coefficient (Wildman–Crippen LogP) is -1.50. The summed E-state index contributed by atoms with van der Waals surface area (Å²) in [6.45, 7) is 0. The van der Waals surface area contributed by atoms with E-state index in [-0.39, 0.29) is 0 Å². The van der Waals surface area contributed by atoms with E-state index in [1.807, 2.05) is 0 Å².